The lowest BCUT2D eigenvalue weighted by molar-refractivity contribution is 0.155. The maximum atomic E-state index is 5.18. The van der Waals surface area contributed by atoms with Crippen LogP contribution in [0.25, 0.3) is 0 Å². The number of aromatic nitrogens is 2. The Balaban J connectivity index is 2.01. The van der Waals surface area contributed by atoms with Crippen molar-refractivity contribution in [1.29, 1.82) is 0 Å². The predicted molar refractivity (Wildman–Crippen MR) is 49.2 cm³/mol. The molecule has 0 unspecified atom stereocenters. The van der Waals surface area contributed by atoms with Gasteiger partial charge in [0.1, 0.15) is 5.82 Å². The van der Waals surface area contributed by atoms with Crippen LogP contribution in [0.15, 0.2) is 30.4 Å². The fraction of sp³-hybridized carbons (Fsp3) is 0.333. The number of hydrogen-bond acceptors (Lipinski definition) is 4. The summed E-state index contributed by atoms with van der Waals surface area (Å²) < 4.78 is 5.18. The van der Waals surface area contributed by atoms with E-state index in [9.17, 15) is 0 Å². The SMILES string of the molecule is C1=C(Nc2cnccn2)CCOC1. The van der Waals surface area contributed by atoms with Crippen LogP contribution in [0.1, 0.15) is 6.42 Å². The van der Waals surface area contributed by atoms with Crippen molar-refractivity contribution in [1.82, 2.24) is 9.97 Å². The van der Waals surface area contributed by atoms with Crippen LogP contribution in [0.3, 0.4) is 0 Å². The molecular weight excluding hydrogens is 166 g/mol. The first-order chi connectivity index (χ1) is 6.45. The Bertz CT molecular complexity index is 297. The molecule has 0 bridgehead atoms. The van der Waals surface area contributed by atoms with Crippen molar-refractivity contribution in [2.45, 2.75) is 6.42 Å². The summed E-state index contributed by atoms with van der Waals surface area (Å²) in [7, 11) is 0. The largest absolute Gasteiger partial charge is 0.377 e. The van der Waals surface area contributed by atoms with Gasteiger partial charge in [0, 0.05) is 24.5 Å². The van der Waals surface area contributed by atoms with Crippen molar-refractivity contribution in [2.24, 2.45) is 0 Å². The lowest BCUT2D eigenvalue weighted by Crippen LogP contribution is -2.11. The normalized spacial score (nSPS) is 16.5. The van der Waals surface area contributed by atoms with Crippen LogP contribution in [0.4, 0.5) is 5.82 Å². The van der Waals surface area contributed by atoms with Crippen LogP contribution in [0.5, 0.6) is 0 Å². The van der Waals surface area contributed by atoms with Gasteiger partial charge in [-0.15, -0.1) is 0 Å². The molecule has 0 radical (unpaired) electrons. The molecule has 1 aromatic rings. The highest BCUT2D eigenvalue weighted by Crippen LogP contribution is 2.10. The van der Waals surface area contributed by atoms with Crippen molar-refractivity contribution >= 4 is 5.82 Å². The molecule has 0 saturated carbocycles. The minimum atomic E-state index is 0.683. The zero-order valence-electron chi connectivity index (χ0n) is 7.23. The van der Waals surface area contributed by atoms with Crippen molar-refractivity contribution < 1.29 is 4.74 Å². The first kappa shape index (κ1) is 8.19. The van der Waals surface area contributed by atoms with E-state index in [1.165, 1.54) is 0 Å². The monoisotopic (exact) mass is 177 g/mol. The molecule has 1 N–H and O–H groups in total. The smallest absolute Gasteiger partial charge is 0.148 e. The average molecular weight is 177 g/mol. The van der Waals surface area contributed by atoms with E-state index in [1.807, 2.05) is 6.08 Å². The Labute approximate surface area is 76.7 Å². The van der Waals surface area contributed by atoms with E-state index in [1.54, 1.807) is 18.6 Å². The minimum absolute atomic E-state index is 0.683. The number of hydrogen-bond donors (Lipinski definition) is 1. The van der Waals surface area contributed by atoms with Gasteiger partial charge in [-0.25, -0.2) is 4.98 Å². The van der Waals surface area contributed by atoms with E-state index < -0.39 is 0 Å². The summed E-state index contributed by atoms with van der Waals surface area (Å²) in [6.07, 6.45) is 7.97. The molecule has 4 heteroatoms. The van der Waals surface area contributed by atoms with Crippen molar-refractivity contribution in [3.63, 3.8) is 0 Å². The summed E-state index contributed by atoms with van der Waals surface area (Å²) in [5.41, 5.74) is 1.16. The van der Waals surface area contributed by atoms with Gasteiger partial charge in [-0.3, -0.25) is 4.98 Å². The highest BCUT2D eigenvalue weighted by Gasteiger charge is 2.03. The quantitative estimate of drug-likeness (QED) is 0.737. The molecule has 2 heterocycles. The molecule has 4 nitrogen and oxygen atoms in total. The van der Waals surface area contributed by atoms with Crippen LogP contribution in [0.2, 0.25) is 0 Å². The summed E-state index contributed by atoms with van der Waals surface area (Å²) in [5.74, 6) is 0.788. The van der Waals surface area contributed by atoms with Gasteiger partial charge >= 0.3 is 0 Å². The van der Waals surface area contributed by atoms with Gasteiger partial charge in [-0.05, 0) is 6.08 Å². The Kier molecular flexibility index (Phi) is 2.52. The topological polar surface area (TPSA) is 47.0 Å². The Morgan fingerprint density at radius 1 is 1.38 bits per heavy atom. The first-order valence-corrected chi connectivity index (χ1v) is 4.25. The molecule has 1 aromatic heterocycles. The fourth-order valence-corrected chi connectivity index (χ4v) is 1.17. The lowest BCUT2D eigenvalue weighted by Gasteiger charge is -2.14. The number of anilines is 1. The highest BCUT2D eigenvalue weighted by atomic mass is 16.5. The Morgan fingerprint density at radius 3 is 3.08 bits per heavy atom. The second-order valence-corrected chi connectivity index (χ2v) is 2.77. The first-order valence-electron chi connectivity index (χ1n) is 4.25. The van der Waals surface area contributed by atoms with E-state index in [0.717, 1.165) is 24.5 Å². The third kappa shape index (κ3) is 2.26. The molecule has 0 atom stereocenters. The van der Waals surface area contributed by atoms with Crippen LogP contribution >= 0.6 is 0 Å². The second kappa shape index (κ2) is 4.00. The van der Waals surface area contributed by atoms with E-state index in [4.69, 9.17) is 4.74 Å². The van der Waals surface area contributed by atoms with Crippen LogP contribution < -0.4 is 5.32 Å². The molecule has 0 aliphatic carbocycles. The van der Waals surface area contributed by atoms with Crippen molar-refractivity contribution in [2.75, 3.05) is 18.5 Å². The summed E-state index contributed by atoms with van der Waals surface area (Å²) in [5, 5.41) is 3.19. The van der Waals surface area contributed by atoms with Gasteiger partial charge in [0.25, 0.3) is 0 Å². The number of rotatable bonds is 2. The maximum absolute atomic E-state index is 5.18. The van der Waals surface area contributed by atoms with Crippen molar-refractivity contribution in [3.8, 4) is 0 Å². The Hall–Kier alpha value is -1.42. The fourth-order valence-electron chi connectivity index (χ4n) is 1.17. The summed E-state index contributed by atoms with van der Waals surface area (Å²) >= 11 is 0. The molecule has 0 saturated heterocycles. The summed E-state index contributed by atoms with van der Waals surface area (Å²) in [6.45, 7) is 1.46. The van der Waals surface area contributed by atoms with Gasteiger partial charge in [0.15, 0.2) is 0 Å². The summed E-state index contributed by atoms with van der Waals surface area (Å²) in [4.78, 5) is 8.08. The minimum Gasteiger partial charge on any atom is -0.377 e. The maximum Gasteiger partial charge on any atom is 0.148 e. The van der Waals surface area contributed by atoms with Gasteiger partial charge in [0.05, 0.1) is 19.4 Å². The molecule has 2 rings (SSSR count). The molecular formula is C9H11N3O. The molecule has 68 valence electrons. The van der Waals surface area contributed by atoms with Gasteiger partial charge in [-0.2, -0.15) is 0 Å². The Morgan fingerprint density at radius 2 is 2.38 bits per heavy atom. The molecule has 1 aliphatic rings. The molecule has 0 amide bonds. The number of nitrogens with one attached hydrogen (secondary N) is 1. The van der Waals surface area contributed by atoms with Gasteiger partial charge in [0.2, 0.25) is 0 Å². The number of ether oxygens (including phenoxy) is 1. The lowest BCUT2D eigenvalue weighted by atomic mass is 10.2. The molecule has 0 spiro atoms. The molecule has 1 aliphatic heterocycles. The standard InChI is InChI=1S/C9H11N3O/c1-5-13-6-2-8(1)12-9-7-10-3-4-11-9/h1,3-4,7H,2,5-6H2,(H,11,12). The second-order valence-electron chi connectivity index (χ2n) is 2.77. The van der Waals surface area contributed by atoms with Crippen molar-refractivity contribution in [3.05, 3.63) is 30.4 Å². The predicted octanol–water partition coefficient (Wildman–Crippen LogP) is 1.19. The molecule has 0 fully saturated rings. The van der Waals surface area contributed by atoms with Crippen LogP contribution in [0, 0.1) is 0 Å². The third-order valence-electron chi connectivity index (χ3n) is 1.82. The van der Waals surface area contributed by atoms with Crippen LogP contribution in [-0.4, -0.2) is 23.2 Å². The molecule has 0 aromatic carbocycles. The van der Waals surface area contributed by atoms with E-state index in [0.29, 0.717) is 6.61 Å². The molecule has 13 heavy (non-hydrogen) atoms. The van der Waals surface area contributed by atoms with E-state index in [-0.39, 0.29) is 0 Å². The average Bonchev–Trinajstić information content (AvgIpc) is 2.21. The summed E-state index contributed by atoms with van der Waals surface area (Å²) in [6, 6.07) is 0. The zero-order valence-corrected chi connectivity index (χ0v) is 7.23. The van der Waals surface area contributed by atoms with Gasteiger partial charge in [-0.1, -0.05) is 0 Å². The highest BCUT2D eigenvalue weighted by molar-refractivity contribution is 5.38. The van der Waals surface area contributed by atoms with Crippen LogP contribution in [-0.2, 0) is 4.74 Å². The number of nitrogens with zero attached hydrogens (tertiary/aromatic N) is 2. The van der Waals surface area contributed by atoms with E-state index >= 15 is 0 Å². The zero-order chi connectivity index (χ0) is 8.93. The third-order valence-corrected chi connectivity index (χ3v) is 1.82. The van der Waals surface area contributed by atoms with E-state index in [2.05, 4.69) is 15.3 Å². The van der Waals surface area contributed by atoms with Gasteiger partial charge < -0.3 is 10.1 Å².